The molecule has 0 unspecified atom stereocenters. The Balaban J connectivity index is 4.04. The van der Waals surface area contributed by atoms with Gasteiger partial charge >= 0.3 is 0 Å². The molecule has 0 aromatic rings. The summed E-state index contributed by atoms with van der Waals surface area (Å²) in [7, 11) is -0.565. The number of hydrogen-bond acceptors (Lipinski definition) is 4. The molecule has 1 N–H and O–H groups in total. The first-order chi connectivity index (χ1) is 7.44. The monoisotopic (exact) mass is 272 g/mol. The Hall–Kier alpha value is -0.370. The minimum absolute atomic E-state index is 0.0119. The van der Waals surface area contributed by atoms with Crippen LogP contribution < -0.4 is 5.32 Å². The van der Waals surface area contributed by atoms with Crippen LogP contribution in [-0.4, -0.2) is 64.1 Å². The fourth-order valence-electron chi connectivity index (χ4n) is 0.902. The number of rotatable bonds is 8. The maximum atomic E-state index is 11.4. The Morgan fingerprint density at radius 1 is 1.50 bits per heavy atom. The molecule has 0 atom stereocenters. The summed E-state index contributed by atoms with van der Waals surface area (Å²) in [5.41, 5.74) is 0. The second-order valence-electron chi connectivity index (χ2n) is 3.10. The second kappa shape index (κ2) is 7.83. The van der Waals surface area contributed by atoms with E-state index in [0.29, 0.717) is 13.2 Å². The van der Waals surface area contributed by atoms with Gasteiger partial charge in [0.05, 0.1) is 18.9 Å². The van der Waals surface area contributed by atoms with Crippen molar-refractivity contribution < 1.29 is 17.9 Å². The minimum Gasteiger partial charge on any atom is -0.383 e. The van der Waals surface area contributed by atoms with Crippen molar-refractivity contribution in [3.05, 3.63) is 0 Å². The van der Waals surface area contributed by atoms with Gasteiger partial charge in [0.2, 0.25) is 15.9 Å². The number of carbonyl (C=O) groups excluding carboxylic acids is 1. The van der Waals surface area contributed by atoms with Crippen molar-refractivity contribution in [2.24, 2.45) is 0 Å². The summed E-state index contributed by atoms with van der Waals surface area (Å²) in [5.74, 6) is -0.522. The van der Waals surface area contributed by atoms with Crippen LogP contribution in [0.2, 0.25) is 0 Å². The molecule has 0 radical (unpaired) electrons. The number of sulfonamides is 1. The molecule has 0 aromatic carbocycles. The molecule has 0 rings (SSSR count). The van der Waals surface area contributed by atoms with E-state index in [2.05, 4.69) is 5.32 Å². The van der Waals surface area contributed by atoms with Crippen LogP contribution in [0.15, 0.2) is 0 Å². The molecule has 0 saturated carbocycles. The average Bonchev–Trinajstić information content (AvgIpc) is 2.17. The molecule has 0 aliphatic rings. The van der Waals surface area contributed by atoms with Crippen LogP contribution >= 0.6 is 11.6 Å². The van der Waals surface area contributed by atoms with Crippen molar-refractivity contribution in [2.45, 2.75) is 0 Å². The van der Waals surface area contributed by atoms with Crippen LogP contribution in [0.5, 0.6) is 0 Å². The number of ether oxygens (including phenoxy) is 1. The lowest BCUT2D eigenvalue weighted by Crippen LogP contribution is -2.40. The molecule has 0 bridgehead atoms. The van der Waals surface area contributed by atoms with Crippen molar-refractivity contribution in [2.75, 3.05) is 45.5 Å². The van der Waals surface area contributed by atoms with E-state index in [4.69, 9.17) is 16.3 Å². The summed E-state index contributed by atoms with van der Waals surface area (Å²) >= 11 is 5.35. The van der Waals surface area contributed by atoms with Crippen molar-refractivity contribution in [1.82, 2.24) is 9.62 Å². The maximum Gasteiger partial charge on any atom is 0.235 e. The number of nitrogens with one attached hydrogen (secondary N) is 1. The number of hydrogen-bond donors (Lipinski definition) is 1. The molecule has 1 amide bonds. The zero-order valence-corrected chi connectivity index (χ0v) is 11.0. The largest absolute Gasteiger partial charge is 0.383 e. The molecule has 0 aliphatic heterocycles. The summed E-state index contributed by atoms with van der Waals surface area (Å²) in [6, 6.07) is 0. The van der Waals surface area contributed by atoms with Gasteiger partial charge in [0.25, 0.3) is 0 Å². The van der Waals surface area contributed by atoms with Gasteiger partial charge in [0, 0.05) is 26.6 Å². The highest BCUT2D eigenvalue weighted by Gasteiger charge is 2.19. The fourth-order valence-corrected chi connectivity index (χ4v) is 2.31. The first kappa shape index (κ1) is 15.6. The molecular formula is C8H17ClN2O4S. The maximum absolute atomic E-state index is 11.4. The van der Waals surface area contributed by atoms with E-state index in [0.717, 1.165) is 4.31 Å². The van der Waals surface area contributed by atoms with Gasteiger partial charge in [0.1, 0.15) is 0 Å². The van der Waals surface area contributed by atoms with Gasteiger partial charge in [-0.2, -0.15) is 4.31 Å². The van der Waals surface area contributed by atoms with E-state index in [1.807, 2.05) is 0 Å². The standard InChI is InChI=1S/C8H17ClN2O4S/c1-11(16(13,14)6-3-9)7-8(12)10-4-5-15-2/h3-7H2,1-2H3,(H,10,12). The average molecular weight is 273 g/mol. The van der Waals surface area contributed by atoms with E-state index in [-0.39, 0.29) is 24.1 Å². The van der Waals surface area contributed by atoms with Gasteiger partial charge < -0.3 is 10.1 Å². The Kier molecular flexibility index (Phi) is 7.65. The van der Waals surface area contributed by atoms with Gasteiger partial charge in [-0.1, -0.05) is 0 Å². The summed E-state index contributed by atoms with van der Waals surface area (Å²) < 4.78 is 28.6. The van der Waals surface area contributed by atoms with E-state index in [9.17, 15) is 13.2 Å². The van der Waals surface area contributed by atoms with Gasteiger partial charge in [-0.05, 0) is 0 Å². The van der Waals surface area contributed by atoms with Crippen LogP contribution in [0.4, 0.5) is 0 Å². The third-order valence-corrected chi connectivity index (χ3v) is 4.02. The highest BCUT2D eigenvalue weighted by molar-refractivity contribution is 7.89. The Morgan fingerprint density at radius 3 is 2.62 bits per heavy atom. The molecule has 0 aliphatic carbocycles. The molecule has 0 fully saturated rings. The molecule has 6 nitrogen and oxygen atoms in total. The number of nitrogens with zero attached hydrogens (tertiary/aromatic N) is 1. The number of halogens is 1. The molecule has 0 saturated heterocycles. The van der Waals surface area contributed by atoms with Gasteiger partial charge in [-0.15, -0.1) is 11.6 Å². The third kappa shape index (κ3) is 6.26. The lowest BCUT2D eigenvalue weighted by Gasteiger charge is -2.15. The second-order valence-corrected chi connectivity index (χ2v) is 5.68. The summed E-state index contributed by atoms with van der Waals surface area (Å²) in [5, 5.41) is 2.53. The minimum atomic E-state index is -3.43. The highest BCUT2D eigenvalue weighted by atomic mass is 35.5. The predicted molar refractivity (Wildman–Crippen MR) is 62.0 cm³/mol. The van der Waals surface area contributed by atoms with Crippen molar-refractivity contribution in [1.29, 1.82) is 0 Å². The molecule has 0 spiro atoms. The zero-order chi connectivity index (χ0) is 12.6. The van der Waals surface area contributed by atoms with Crippen LogP contribution in [0.25, 0.3) is 0 Å². The quantitative estimate of drug-likeness (QED) is 0.466. The normalized spacial score (nSPS) is 11.8. The van der Waals surface area contributed by atoms with E-state index in [1.165, 1.54) is 14.2 Å². The topological polar surface area (TPSA) is 75.7 Å². The summed E-state index contributed by atoms with van der Waals surface area (Å²) in [4.78, 5) is 11.3. The molecule has 0 aromatic heterocycles. The van der Waals surface area contributed by atoms with Crippen LogP contribution in [0.1, 0.15) is 0 Å². The first-order valence-corrected chi connectivity index (χ1v) is 6.84. The predicted octanol–water partition coefficient (Wildman–Crippen LogP) is -0.751. The molecule has 16 heavy (non-hydrogen) atoms. The van der Waals surface area contributed by atoms with E-state index in [1.54, 1.807) is 0 Å². The van der Waals surface area contributed by atoms with E-state index >= 15 is 0 Å². The smallest absolute Gasteiger partial charge is 0.235 e. The van der Waals surface area contributed by atoms with E-state index < -0.39 is 10.0 Å². The number of alkyl halides is 1. The number of methoxy groups -OCH3 is 1. The first-order valence-electron chi connectivity index (χ1n) is 4.69. The highest BCUT2D eigenvalue weighted by Crippen LogP contribution is 1.98. The molecule has 8 heteroatoms. The third-order valence-electron chi connectivity index (χ3n) is 1.80. The van der Waals surface area contributed by atoms with Crippen LogP contribution in [0.3, 0.4) is 0 Å². The lowest BCUT2D eigenvalue weighted by molar-refractivity contribution is -0.121. The van der Waals surface area contributed by atoms with Crippen molar-refractivity contribution >= 4 is 27.5 Å². The Morgan fingerprint density at radius 2 is 2.12 bits per heavy atom. The SMILES string of the molecule is COCCNC(=O)CN(C)S(=O)(=O)CCCl. The molecule has 0 heterocycles. The number of likely N-dealkylation sites (N-methyl/N-ethyl adjacent to an activating group) is 1. The van der Waals surface area contributed by atoms with Gasteiger partial charge in [-0.25, -0.2) is 8.42 Å². The fraction of sp³-hybridized carbons (Fsp3) is 0.875. The Labute approximate surface area is 101 Å². The van der Waals surface area contributed by atoms with Gasteiger partial charge in [0.15, 0.2) is 0 Å². The summed E-state index contributed by atoms with van der Waals surface area (Å²) in [6.45, 7) is 0.547. The van der Waals surface area contributed by atoms with Crippen molar-refractivity contribution in [3.63, 3.8) is 0 Å². The lowest BCUT2D eigenvalue weighted by atomic mass is 10.5. The van der Waals surface area contributed by atoms with Gasteiger partial charge in [-0.3, -0.25) is 4.79 Å². The Bertz CT molecular complexity index is 307. The molecular weight excluding hydrogens is 256 g/mol. The number of carbonyl (C=O) groups is 1. The number of amides is 1. The zero-order valence-electron chi connectivity index (χ0n) is 9.40. The van der Waals surface area contributed by atoms with Crippen molar-refractivity contribution in [3.8, 4) is 0 Å². The van der Waals surface area contributed by atoms with Crippen LogP contribution in [-0.2, 0) is 19.6 Å². The summed E-state index contributed by atoms with van der Waals surface area (Å²) in [6.07, 6.45) is 0. The molecule has 96 valence electrons. The van der Waals surface area contributed by atoms with Crippen LogP contribution in [0, 0.1) is 0 Å².